The summed E-state index contributed by atoms with van der Waals surface area (Å²) < 4.78 is 40.0. The molecule has 2 N–H and O–H groups in total. The van der Waals surface area contributed by atoms with Crippen LogP contribution in [0, 0.1) is 29.6 Å². The van der Waals surface area contributed by atoms with Gasteiger partial charge in [0, 0.05) is 21.6 Å². The van der Waals surface area contributed by atoms with Gasteiger partial charge in [-0.2, -0.15) is 13.2 Å². The number of H-pyrrole nitrogens is 1. The van der Waals surface area contributed by atoms with Crippen LogP contribution in [0.15, 0.2) is 58.4 Å². The van der Waals surface area contributed by atoms with E-state index in [1.165, 1.54) is 23.9 Å². The number of nitrogens with zero attached hydrogens (tertiary/aromatic N) is 1. The number of carbonyl (C=O) groups is 2. The van der Waals surface area contributed by atoms with Crippen LogP contribution in [0.5, 0.6) is 5.75 Å². The van der Waals surface area contributed by atoms with E-state index in [1.807, 2.05) is 12.1 Å². The molecule has 4 aliphatic rings. The summed E-state index contributed by atoms with van der Waals surface area (Å²) in [4.78, 5) is 44.1. The van der Waals surface area contributed by atoms with Gasteiger partial charge >= 0.3 is 11.0 Å². The summed E-state index contributed by atoms with van der Waals surface area (Å²) in [6.45, 7) is 0. The zero-order chi connectivity index (χ0) is 25.8. The normalized spacial score (nSPS) is 32.0. The van der Waals surface area contributed by atoms with Crippen molar-refractivity contribution in [1.82, 2.24) is 4.98 Å². The second-order valence-electron chi connectivity index (χ2n) is 10.1. The molecule has 2 aliphatic carbocycles. The molecule has 0 radical (unpaired) electrons. The number of thiazole rings is 1. The van der Waals surface area contributed by atoms with Crippen LogP contribution in [0.25, 0.3) is 0 Å². The number of hydrogen-bond donors (Lipinski definition) is 2. The first-order valence-corrected chi connectivity index (χ1v) is 13.6. The van der Waals surface area contributed by atoms with Crippen molar-refractivity contribution in [2.24, 2.45) is 29.6 Å². The third kappa shape index (κ3) is 3.16. The average Bonchev–Trinajstić information content (AvgIpc) is 3.58. The zero-order valence-corrected chi connectivity index (χ0v) is 20.6. The van der Waals surface area contributed by atoms with Gasteiger partial charge in [-0.1, -0.05) is 35.6 Å². The number of halogens is 3. The van der Waals surface area contributed by atoms with Crippen LogP contribution in [0.1, 0.15) is 28.3 Å². The highest BCUT2D eigenvalue weighted by molar-refractivity contribution is 8.00. The minimum atomic E-state index is -4.60. The van der Waals surface area contributed by atoms with Gasteiger partial charge in [-0.05, 0) is 48.4 Å². The Hall–Kier alpha value is -3.05. The first-order valence-electron chi connectivity index (χ1n) is 11.9. The maximum atomic E-state index is 13.7. The van der Waals surface area contributed by atoms with Crippen molar-refractivity contribution >= 4 is 40.6 Å². The number of nitrogens with one attached hydrogen (secondary N) is 1. The van der Waals surface area contributed by atoms with Gasteiger partial charge < -0.3 is 10.1 Å². The molecule has 2 saturated carbocycles. The maximum Gasteiger partial charge on any atom is 0.416 e. The highest BCUT2D eigenvalue weighted by atomic mass is 32.2. The van der Waals surface area contributed by atoms with Crippen LogP contribution in [0.4, 0.5) is 18.9 Å². The molecular formula is C26H19F3N2O4S2. The number of aromatic hydroxyl groups is 1. The Balaban J connectivity index is 1.31. The van der Waals surface area contributed by atoms with E-state index < -0.39 is 35.4 Å². The van der Waals surface area contributed by atoms with E-state index in [0.29, 0.717) is 12.0 Å². The molecule has 6 nitrogen and oxygen atoms in total. The number of rotatable bonds is 2. The van der Waals surface area contributed by atoms with E-state index in [2.05, 4.69) is 4.98 Å². The molecule has 2 bridgehead atoms. The van der Waals surface area contributed by atoms with Crippen molar-refractivity contribution in [2.75, 3.05) is 4.90 Å². The van der Waals surface area contributed by atoms with E-state index in [4.69, 9.17) is 0 Å². The summed E-state index contributed by atoms with van der Waals surface area (Å²) in [6.07, 6.45) is -3.95. The van der Waals surface area contributed by atoms with Crippen LogP contribution in [-0.4, -0.2) is 27.2 Å². The predicted octanol–water partition coefficient (Wildman–Crippen LogP) is 4.84. The molecule has 3 heterocycles. The molecule has 2 amide bonds. The van der Waals surface area contributed by atoms with E-state index in [-0.39, 0.29) is 45.2 Å². The molecular weight excluding hydrogens is 525 g/mol. The van der Waals surface area contributed by atoms with Gasteiger partial charge in [0.15, 0.2) is 0 Å². The van der Waals surface area contributed by atoms with Gasteiger partial charge in [0.05, 0.1) is 28.1 Å². The molecule has 0 spiro atoms. The number of anilines is 1. The van der Waals surface area contributed by atoms with Gasteiger partial charge in [-0.15, -0.1) is 11.8 Å². The SMILES string of the molecule is O=C1[C@@H]2[C@H]3C[C@@H]([C@@H]4Sc5[nH]c(=O)sc5[C@H](c5ccccc5O)[C@@H]34)[C@H]2C(=O)N1c1cccc(C(F)(F)F)c1. The maximum absolute atomic E-state index is 13.7. The summed E-state index contributed by atoms with van der Waals surface area (Å²) in [7, 11) is 0. The Bertz CT molecular complexity index is 1530. The van der Waals surface area contributed by atoms with Gasteiger partial charge in [0.1, 0.15) is 5.75 Å². The minimum absolute atomic E-state index is 0.0602. The highest BCUT2D eigenvalue weighted by Gasteiger charge is 2.69. The van der Waals surface area contributed by atoms with Gasteiger partial charge in [0.2, 0.25) is 11.8 Å². The van der Waals surface area contributed by atoms with E-state index in [9.17, 15) is 32.7 Å². The van der Waals surface area contributed by atoms with Gasteiger partial charge in [-0.3, -0.25) is 19.3 Å². The molecule has 37 heavy (non-hydrogen) atoms. The fourth-order valence-corrected chi connectivity index (χ4v) is 10.1. The molecule has 11 heteroatoms. The first kappa shape index (κ1) is 23.1. The van der Waals surface area contributed by atoms with E-state index in [1.54, 1.807) is 12.1 Å². The number of hydrogen-bond acceptors (Lipinski definition) is 6. The lowest BCUT2D eigenvalue weighted by Gasteiger charge is -2.43. The molecule has 2 aliphatic heterocycles. The monoisotopic (exact) mass is 544 g/mol. The van der Waals surface area contributed by atoms with Crippen molar-refractivity contribution in [3.05, 3.63) is 74.2 Å². The number of imide groups is 1. The summed E-state index contributed by atoms with van der Waals surface area (Å²) in [6, 6.07) is 11.3. The van der Waals surface area contributed by atoms with Crippen molar-refractivity contribution in [3.8, 4) is 5.75 Å². The summed E-state index contributed by atoms with van der Waals surface area (Å²) in [5, 5.41) is 11.4. The molecule has 3 aromatic rings. The lowest BCUT2D eigenvalue weighted by molar-refractivity contribution is -0.137. The van der Waals surface area contributed by atoms with E-state index >= 15 is 0 Å². The number of amides is 2. The number of benzene rings is 2. The molecule has 1 saturated heterocycles. The molecule has 0 unspecified atom stereocenters. The van der Waals surface area contributed by atoms with Crippen molar-refractivity contribution in [3.63, 3.8) is 0 Å². The van der Waals surface area contributed by atoms with Crippen LogP contribution in [0.2, 0.25) is 0 Å². The summed E-state index contributed by atoms with van der Waals surface area (Å²) in [5.41, 5.74) is -0.303. The predicted molar refractivity (Wildman–Crippen MR) is 131 cm³/mol. The Labute approximate surface area is 216 Å². The Morgan fingerprint density at radius 3 is 2.43 bits per heavy atom. The van der Waals surface area contributed by atoms with Crippen LogP contribution in [-0.2, 0) is 15.8 Å². The third-order valence-electron chi connectivity index (χ3n) is 8.43. The lowest BCUT2D eigenvalue weighted by atomic mass is 9.68. The Morgan fingerprint density at radius 2 is 1.70 bits per heavy atom. The fourth-order valence-electron chi connectivity index (χ4n) is 7.19. The quantitative estimate of drug-likeness (QED) is 0.451. The van der Waals surface area contributed by atoms with Crippen molar-refractivity contribution in [2.45, 2.75) is 28.8 Å². The number of phenolic OH excluding ortho intramolecular Hbond substituents is 1. The number of carbonyl (C=O) groups excluding carboxylic acids is 2. The van der Waals surface area contributed by atoms with Crippen molar-refractivity contribution in [1.29, 1.82) is 0 Å². The molecule has 7 atom stereocenters. The topological polar surface area (TPSA) is 90.5 Å². The van der Waals surface area contributed by atoms with Crippen LogP contribution >= 0.6 is 23.1 Å². The second kappa shape index (κ2) is 7.73. The standard InChI is InChI=1S/C26H19F3N2O4S2/c27-26(28,29)10-4-3-5-11(8-10)31-23(33)18-13-9-14(19(18)24(31)34)20-17(13)16(12-6-1-2-7-15(12)32)21-22(36-20)30-25(35)37-21/h1-8,13-14,16-20,32H,9H2,(H,30,35)/t13-,14+,16+,17+,18+,19+,20-/m0/s1. The molecule has 2 aromatic carbocycles. The number of aromatic nitrogens is 1. The van der Waals surface area contributed by atoms with E-state index in [0.717, 1.165) is 38.3 Å². The molecule has 1 aromatic heterocycles. The number of fused-ring (bicyclic) bond motifs is 9. The minimum Gasteiger partial charge on any atom is -0.508 e. The average molecular weight is 545 g/mol. The lowest BCUT2D eigenvalue weighted by Crippen LogP contribution is -2.42. The summed E-state index contributed by atoms with van der Waals surface area (Å²) >= 11 is 2.61. The Kier molecular flexibility index (Phi) is 4.83. The smallest absolute Gasteiger partial charge is 0.416 e. The third-order valence-corrected chi connectivity index (χ3v) is 11.0. The number of alkyl halides is 3. The number of aromatic amines is 1. The van der Waals surface area contributed by atoms with Crippen LogP contribution in [0.3, 0.4) is 0 Å². The molecule has 7 rings (SSSR count). The number of phenols is 1. The zero-order valence-electron chi connectivity index (χ0n) is 18.9. The summed E-state index contributed by atoms with van der Waals surface area (Å²) in [5.74, 6) is -2.87. The van der Waals surface area contributed by atoms with Gasteiger partial charge in [0.25, 0.3) is 0 Å². The largest absolute Gasteiger partial charge is 0.508 e. The fraction of sp³-hybridized carbons (Fsp3) is 0.346. The second-order valence-corrected chi connectivity index (χ2v) is 12.3. The number of thioether (sulfide) groups is 1. The molecule has 190 valence electrons. The highest BCUT2D eigenvalue weighted by Crippen LogP contribution is 2.69. The first-order chi connectivity index (χ1) is 17.6. The van der Waals surface area contributed by atoms with Crippen LogP contribution < -0.4 is 9.77 Å². The van der Waals surface area contributed by atoms with Crippen molar-refractivity contribution < 1.29 is 27.9 Å². The number of para-hydroxylation sites is 1. The van der Waals surface area contributed by atoms with Gasteiger partial charge in [-0.25, -0.2) is 0 Å². The Morgan fingerprint density at radius 1 is 0.973 bits per heavy atom. The molecule has 3 fully saturated rings.